The van der Waals surface area contributed by atoms with Gasteiger partial charge in [-0.1, -0.05) is 41.7 Å². The van der Waals surface area contributed by atoms with Crippen LogP contribution in [0.5, 0.6) is 0 Å². The maximum absolute atomic E-state index is 12.2. The summed E-state index contributed by atoms with van der Waals surface area (Å²) >= 11 is 6.22. The summed E-state index contributed by atoms with van der Waals surface area (Å²) in [6.07, 6.45) is 6.59. The van der Waals surface area contributed by atoms with Crippen molar-refractivity contribution < 1.29 is 4.79 Å². The van der Waals surface area contributed by atoms with Crippen molar-refractivity contribution in [1.29, 1.82) is 0 Å². The molecular formula is C21H21ClN6O. The van der Waals surface area contributed by atoms with Crippen molar-refractivity contribution >= 4 is 35.4 Å². The summed E-state index contributed by atoms with van der Waals surface area (Å²) in [5.41, 5.74) is 8.55. The number of rotatable bonds is 5. The van der Waals surface area contributed by atoms with Gasteiger partial charge in [0.15, 0.2) is 0 Å². The van der Waals surface area contributed by atoms with E-state index < -0.39 is 6.17 Å². The first-order chi connectivity index (χ1) is 14.1. The van der Waals surface area contributed by atoms with Crippen LogP contribution in [0.25, 0.3) is 0 Å². The molecule has 29 heavy (non-hydrogen) atoms. The predicted molar refractivity (Wildman–Crippen MR) is 117 cm³/mol. The number of anilines is 1. The molecule has 1 unspecified atom stereocenters. The lowest BCUT2D eigenvalue weighted by Gasteiger charge is -2.17. The summed E-state index contributed by atoms with van der Waals surface area (Å²) in [6, 6.07) is 7.67. The van der Waals surface area contributed by atoms with Crippen molar-refractivity contribution in [2.24, 2.45) is 15.7 Å². The summed E-state index contributed by atoms with van der Waals surface area (Å²) in [7, 11) is 1.58. The third kappa shape index (κ3) is 5.57. The van der Waals surface area contributed by atoms with E-state index in [-0.39, 0.29) is 5.91 Å². The number of nitrogens with two attached hydrogens (primary N) is 1. The second kappa shape index (κ2) is 9.73. The Labute approximate surface area is 174 Å². The van der Waals surface area contributed by atoms with Gasteiger partial charge in [0.05, 0.1) is 16.3 Å². The second-order valence-electron chi connectivity index (χ2n) is 6.16. The molecule has 7 nitrogen and oxygen atoms in total. The molecule has 0 saturated heterocycles. The molecule has 0 fully saturated rings. The van der Waals surface area contributed by atoms with E-state index in [1.54, 1.807) is 25.3 Å². The summed E-state index contributed by atoms with van der Waals surface area (Å²) < 4.78 is 0. The van der Waals surface area contributed by atoms with Gasteiger partial charge in [-0.25, -0.2) is 9.98 Å². The van der Waals surface area contributed by atoms with Crippen LogP contribution in [0.1, 0.15) is 12.0 Å². The largest absolute Gasteiger partial charge is 0.359 e. The first kappa shape index (κ1) is 20.4. The molecular weight excluding hydrogens is 388 g/mol. The fourth-order valence-electron chi connectivity index (χ4n) is 2.71. The summed E-state index contributed by atoms with van der Waals surface area (Å²) in [6.45, 7) is 0.437. The lowest BCUT2D eigenvalue weighted by atomic mass is 10.1. The van der Waals surface area contributed by atoms with Gasteiger partial charge in [-0.3, -0.25) is 4.79 Å². The van der Waals surface area contributed by atoms with Gasteiger partial charge >= 0.3 is 0 Å². The maximum Gasteiger partial charge on any atom is 0.252 e. The second-order valence-corrected chi connectivity index (χ2v) is 6.60. The van der Waals surface area contributed by atoms with Crippen molar-refractivity contribution in [2.75, 3.05) is 12.4 Å². The van der Waals surface area contributed by atoms with E-state index in [0.29, 0.717) is 35.2 Å². The molecule has 3 rings (SSSR count). The van der Waals surface area contributed by atoms with Gasteiger partial charge < -0.3 is 21.7 Å². The molecule has 2 aliphatic rings. The molecule has 0 saturated carbocycles. The zero-order chi connectivity index (χ0) is 20.6. The zero-order valence-electron chi connectivity index (χ0n) is 15.9. The predicted octanol–water partition coefficient (Wildman–Crippen LogP) is 2.00. The summed E-state index contributed by atoms with van der Waals surface area (Å²) in [4.78, 5) is 21.1. The van der Waals surface area contributed by atoms with Crippen LogP contribution >= 0.6 is 11.6 Å². The lowest BCUT2D eigenvalue weighted by Crippen LogP contribution is -2.32. The van der Waals surface area contributed by atoms with Crippen LogP contribution in [0.15, 0.2) is 68.8 Å². The first-order valence-electron chi connectivity index (χ1n) is 9.02. The monoisotopic (exact) mass is 408 g/mol. The quantitative estimate of drug-likeness (QED) is 0.559. The number of amides is 1. The van der Waals surface area contributed by atoms with E-state index in [4.69, 9.17) is 17.3 Å². The van der Waals surface area contributed by atoms with Crippen LogP contribution in [-0.2, 0) is 11.3 Å². The third-order valence-electron chi connectivity index (χ3n) is 4.10. The number of hydrogen-bond donors (Lipinski definition) is 4. The van der Waals surface area contributed by atoms with E-state index in [2.05, 4.69) is 37.8 Å². The summed E-state index contributed by atoms with van der Waals surface area (Å²) in [5.74, 6) is 6.03. The van der Waals surface area contributed by atoms with Crippen molar-refractivity contribution in [3.05, 3.63) is 64.4 Å². The molecule has 0 spiro atoms. The van der Waals surface area contributed by atoms with Crippen LogP contribution in [0, 0.1) is 11.8 Å². The van der Waals surface area contributed by atoms with Crippen molar-refractivity contribution in [1.82, 2.24) is 10.6 Å². The SMILES string of the molecule is CNC(=O)C1=CCC#CC=C1NC1C=C(Cl)C=NC(Nc2cccc(CN)c2)=N1. The Morgan fingerprint density at radius 3 is 3.07 bits per heavy atom. The minimum absolute atomic E-state index is 0.213. The van der Waals surface area contributed by atoms with Gasteiger partial charge in [-0.2, -0.15) is 0 Å². The number of aliphatic imine (C=N–C) groups is 2. The molecule has 1 aliphatic heterocycles. The first-order valence-corrected chi connectivity index (χ1v) is 9.40. The Morgan fingerprint density at radius 2 is 2.28 bits per heavy atom. The Bertz CT molecular complexity index is 1010. The van der Waals surface area contributed by atoms with E-state index in [1.807, 2.05) is 24.3 Å². The summed E-state index contributed by atoms with van der Waals surface area (Å²) in [5, 5.41) is 9.43. The molecule has 148 valence electrons. The van der Waals surface area contributed by atoms with Gasteiger partial charge in [0.1, 0.15) is 6.17 Å². The van der Waals surface area contributed by atoms with Gasteiger partial charge in [-0.15, -0.1) is 0 Å². The molecule has 1 aromatic carbocycles. The van der Waals surface area contributed by atoms with E-state index in [1.165, 1.54) is 6.21 Å². The minimum atomic E-state index is -0.551. The molecule has 1 heterocycles. The number of nitrogens with zero attached hydrogens (tertiary/aromatic N) is 2. The number of carbonyl (C=O) groups excluding carboxylic acids is 1. The average Bonchev–Trinajstić information content (AvgIpc) is 3.06. The van der Waals surface area contributed by atoms with Crippen molar-refractivity contribution in [2.45, 2.75) is 19.1 Å². The number of hydrogen-bond acceptors (Lipinski definition) is 6. The van der Waals surface area contributed by atoms with Gasteiger partial charge in [0.25, 0.3) is 5.91 Å². The molecule has 5 N–H and O–H groups in total. The van der Waals surface area contributed by atoms with Gasteiger partial charge in [0, 0.05) is 38.0 Å². The van der Waals surface area contributed by atoms with E-state index in [0.717, 1.165) is 11.3 Å². The highest BCUT2D eigenvalue weighted by atomic mass is 35.5. The number of allylic oxidation sites excluding steroid dienone is 3. The van der Waals surface area contributed by atoms with E-state index >= 15 is 0 Å². The standard InChI is InChI=1S/C21H21ClN6O/c1-24-20(29)17-8-3-2-4-9-18(17)27-19-11-15(22)13-25-21(28-19)26-16-7-5-6-14(10-16)12-23/h5-11,13,19,27H,3,12,23H2,1H3,(H,24,29)(H,26,28). The van der Waals surface area contributed by atoms with Crippen LogP contribution in [0.2, 0.25) is 0 Å². The van der Waals surface area contributed by atoms with Gasteiger partial charge in [0.2, 0.25) is 5.96 Å². The average molecular weight is 409 g/mol. The zero-order valence-corrected chi connectivity index (χ0v) is 16.6. The number of benzene rings is 1. The third-order valence-corrected chi connectivity index (χ3v) is 4.32. The minimum Gasteiger partial charge on any atom is -0.359 e. The molecule has 1 aromatic rings. The number of halogens is 1. The molecule has 8 heteroatoms. The highest BCUT2D eigenvalue weighted by molar-refractivity contribution is 6.40. The smallest absolute Gasteiger partial charge is 0.252 e. The molecule has 1 aliphatic carbocycles. The van der Waals surface area contributed by atoms with Crippen LogP contribution < -0.4 is 21.7 Å². The Kier molecular flexibility index (Phi) is 6.85. The number of nitrogens with one attached hydrogen (secondary N) is 3. The Hall–Kier alpha value is -3.34. The van der Waals surface area contributed by atoms with E-state index in [9.17, 15) is 4.79 Å². The van der Waals surface area contributed by atoms with Gasteiger partial charge in [-0.05, 0) is 23.8 Å². The highest BCUT2D eigenvalue weighted by Crippen LogP contribution is 2.16. The van der Waals surface area contributed by atoms with Crippen LogP contribution in [0.3, 0.4) is 0 Å². The molecule has 1 atom stereocenters. The molecule has 0 aromatic heterocycles. The molecule has 1 amide bonds. The number of likely N-dealkylation sites (N-methyl/N-ethyl adjacent to an activating group) is 1. The highest BCUT2D eigenvalue weighted by Gasteiger charge is 2.18. The van der Waals surface area contributed by atoms with Crippen molar-refractivity contribution in [3.8, 4) is 11.8 Å². The molecule has 0 bridgehead atoms. The normalized spacial score (nSPS) is 18.0. The fourth-order valence-corrected chi connectivity index (χ4v) is 2.88. The van der Waals surface area contributed by atoms with Crippen LogP contribution in [-0.4, -0.2) is 31.3 Å². The fraction of sp³-hybridized carbons (Fsp3) is 0.190. The van der Waals surface area contributed by atoms with Crippen molar-refractivity contribution in [3.63, 3.8) is 0 Å². The van der Waals surface area contributed by atoms with Crippen LogP contribution in [0.4, 0.5) is 5.69 Å². The Morgan fingerprint density at radius 1 is 1.41 bits per heavy atom. The number of carbonyl (C=O) groups is 1. The number of guanidine groups is 1. The molecule has 0 radical (unpaired) electrons. The lowest BCUT2D eigenvalue weighted by molar-refractivity contribution is -0.116. The maximum atomic E-state index is 12.2. The topological polar surface area (TPSA) is 104 Å². The Balaban J connectivity index is 1.84.